The van der Waals surface area contributed by atoms with E-state index in [4.69, 9.17) is 16.7 Å². The first-order valence-corrected chi connectivity index (χ1v) is 6.75. The first-order chi connectivity index (χ1) is 8.51. The summed E-state index contributed by atoms with van der Waals surface area (Å²) in [5, 5.41) is 8.91. The second-order valence-corrected chi connectivity index (χ2v) is 4.80. The number of carbonyl (C=O) groups is 1. The highest BCUT2D eigenvalue weighted by Gasteiger charge is 2.15. The van der Waals surface area contributed by atoms with E-state index in [0.717, 1.165) is 0 Å². The summed E-state index contributed by atoms with van der Waals surface area (Å²) in [5.41, 5.74) is 0.230. The summed E-state index contributed by atoms with van der Waals surface area (Å²) in [7, 11) is 0. The molecule has 0 saturated carbocycles. The highest BCUT2D eigenvalue weighted by atomic mass is 35.5. The van der Waals surface area contributed by atoms with Gasteiger partial charge in [-0.15, -0.1) is 0 Å². The van der Waals surface area contributed by atoms with Crippen molar-refractivity contribution in [1.82, 2.24) is 4.90 Å². The summed E-state index contributed by atoms with van der Waals surface area (Å²) in [6.07, 6.45) is 0. The number of aliphatic hydroxyl groups is 1. The van der Waals surface area contributed by atoms with Crippen LogP contribution in [0.5, 0.6) is 0 Å². The monoisotopic (exact) mass is 290 g/mol. The minimum atomic E-state index is -2.49. The van der Waals surface area contributed by atoms with Crippen molar-refractivity contribution in [3.8, 4) is 0 Å². The minimum Gasteiger partial charge on any atom is -0.768 e. The van der Waals surface area contributed by atoms with Crippen LogP contribution in [0.1, 0.15) is 17.3 Å². The summed E-state index contributed by atoms with van der Waals surface area (Å²) in [6, 6.07) is 4.06. The van der Waals surface area contributed by atoms with E-state index in [1.165, 1.54) is 23.1 Å². The van der Waals surface area contributed by atoms with Gasteiger partial charge < -0.3 is 14.6 Å². The fraction of sp³-hybridized carbons (Fsp3) is 0.364. The van der Waals surface area contributed by atoms with Crippen LogP contribution in [0.3, 0.4) is 0 Å². The molecule has 18 heavy (non-hydrogen) atoms. The molecular weight excluding hydrogens is 278 g/mol. The highest BCUT2D eigenvalue weighted by molar-refractivity contribution is 7.79. The minimum absolute atomic E-state index is 0.0742. The Bertz CT molecular complexity index is 466. The van der Waals surface area contributed by atoms with Crippen molar-refractivity contribution in [2.75, 3.05) is 19.7 Å². The number of likely N-dealkylation sites (N-methyl/N-ethyl adjacent to an activating group) is 1. The van der Waals surface area contributed by atoms with Crippen molar-refractivity contribution in [3.05, 3.63) is 28.8 Å². The van der Waals surface area contributed by atoms with Gasteiger partial charge in [-0.3, -0.25) is 9.00 Å². The van der Waals surface area contributed by atoms with Crippen LogP contribution in [0.25, 0.3) is 0 Å². The molecule has 5 nitrogen and oxygen atoms in total. The molecule has 0 spiro atoms. The molecule has 7 heteroatoms. The third-order valence-corrected chi connectivity index (χ3v) is 3.54. The van der Waals surface area contributed by atoms with Gasteiger partial charge in [0.05, 0.1) is 11.6 Å². The van der Waals surface area contributed by atoms with E-state index in [-0.39, 0.29) is 34.5 Å². The molecule has 0 fully saturated rings. The van der Waals surface area contributed by atoms with Crippen molar-refractivity contribution >= 4 is 28.6 Å². The SMILES string of the molecule is CCN(CCO)C(=O)c1ccc(Cl)c(S(=O)[O-])c1. The van der Waals surface area contributed by atoms with Gasteiger partial charge in [-0.2, -0.15) is 0 Å². The van der Waals surface area contributed by atoms with E-state index < -0.39 is 11.1 Å². The molecule has 1 atom stereocenters. The van der Waals surface area contributed by atoms with Crippen molar-refractivity contribution in [1.29, 1.82) is 0 Å². The molecule has 1 aromatic rings. The largest absolute Gasteiger partial charge is 0.768 e. The normalized spacial score (nSPS) is 12.2. The molecule has 0 bridgehead atoms. The number of aliphatic hydroxyl groups excluding tert-OH is 1. The van der Waals surface area contributed by atoms with Gasteiger partial charge in [0, 0.05) is 23.5 Å². The van der Waals surface area contributed by atoms with Crippen LogP contribution in [0.4, 0.5) is 0 Å². The lowest BCUT2D eigenvalue weighted by Crippen LogP contribution is -2.33. The van der Waals surface area contributed by atoms with E-state index in [2.05, 4.69) is 0 Å². The number of nitrogens with zero attached hydrogens (tertiary/aromatic N) is 1. The van der Waals surface area contributed by atoms with Crippen LogP contribution < -0.4 is 0 Å². The second kappa shape index (κ2) is 6.84. The van der Waals surface area contributed by atoms with Crippen LogP contribution in [-0.4, -0.2) is 44.4 Å². The van der Waals surface area contributed by atoms with E-state index in [1.54, 1.807) is 6.92 Å². The lowest BCUT2D eigenvalue weighted by molar-refractivity contribution is 0.0732. The molecule has 1 N–H and O–H groups in total. The van der Waals surface area contributed by atoms with Gasteiger partial charge in [-0.25, -0.2) is 0 Å². The summed E-state index contributed by atoms with van der Waals surface area (Å²) < 4.78 is 21.8. The Morgan fingerprint density at radius 3 is 2.72 bits per heavy atom. The van der Waals surface area contributed by atoms with Crippen molar-refractivity contribution in [3.63, 3.8) is 0 Å². The quantitative estimate of drug-likeness (QED) is 0.821. The third-order valence-electron chi connectivity index (χ3n) is 2.40. The zero-order chi connectivity index (χ0) is 13.7. The maximum absolute atomic E-state index is 12.0. The van der Waals surface area contributed by atoms with Gasteiger partial charge in [0.15, 0.2) is 0 Å². The number of carbonyl (C=O) groups excluding carboxylic acids is 1. The van der Waals surface area contributed by atoms with Crippen LogP contribution in [-0.2, 0) is 11.1 Å². The van der Waals surface area contributed by atoms with Crippen LogP contribution in [0.2, 0.25) is 5.02 Å². The van der Waals surface area contributed by atoms with Gasteiger partial charge in [0.2, 0.25) is 0 Å². The van der Waals surface area contributed by atoms with Crippen molar-refractivity contribution in [2.24, 2.45) is 0 Å². The molecule has 1 rings (SSSR count). The lowest BCUT2D eigenvalue weighted by Gasteiger charge is -2.20. The Hall–Kier alpha value is -0.950. The molecular formula is C11H13ClNO4S-. The summed E-state index contributed by atoms with van der Waals surface area (Å²) >= 11 is 3.22. The molecule has 100 valence electrons. The topological polar surface area (TPSA) is 80.7 Å². The Balaban J connectivity index is 3.06. The van der Waals surface area contributed by atoms with E-state index in [1.807, 2.05) is 0 Å². The Kier molecular flexibility index (Phi) is 5.74. The molecule has 0 saturated heterocycles. The molecule has 1 unspecified atom stereocenters. The fourth-order valence-electron chi connectivity index (χ4n) is 1.47. The third kappa shape index (κ3) is 3.52. The maximum Gasteiger partial charge on any atom is 0.253 e. The first-order valence-electron chi connectivity index (χ1n) is 5.30. The number of hydrogen-bond donors (Lipinski definition) is 1. The predicted molar refractivity (Wildman–Crippen MR) is 67.3 cm³/mol. The number of halogens is 1. The van der Waals surface area contributed by atoms with Crippen molar-refractivity contribution < 1.29 is 18.7 Å². The smallest absolute Gasteiger partial charge is 0.253 e. The molecule has 0 aliphatic rings. The maximum atomic E-state index is 12.0. The lowest BCUT2D eigenvalue weighted by atomic mass is 10.2. The Labute approximate surface area is 113 Å². The average molecular weight is 291 g/mol. The highest BCUT2D eigenvalue weighted by Crippen LogP contribution is 2.21. The van der Waals surface area contributed by atoms with Crippen LogP contribution >= 0.6 is 11.6 Å². The van der Waals surface area contributed by atoms with Crippen LogP contribution in [0, 0.1) is 0 Å². The molecule has 0 heterocycles. The summed E-state index contributed by atoms with van der Waals surface area (Å²) in [5.74, 6) is -0.338. The van der Waals surface area contributed by atoms with Crippen molar-refractivity contribution in [2.45, 2.75) is 11.8 Å². The number of rotatable bonds is 5. The van der Waals surface area contributed by atoms with Gasteiger partial charge in [0.1, 0.15) is 0 Å². The number of hydrogen-bond acceptors (Lipinski definition) is 4. The molecule has 0 radical (unpaired) electrons. The number of amides is 1. The molecule has 0 aliphatic heterocycles. The van der Waals surface area contributed by atoms with E-state index in [0.29, 0.717) is 6.54 Å². The first kappa shape index (κ1) is 15.1. The summed E-state index contributed by atoms with van der Waals surface area (Å²) in [4.78, 5) is 13.3. The van der Waals surface area contributed by atoms with E-state index >= 15 is 0 Å². The fourth-order valence-corrected chi connectivity index (χ4v) is 2.23. The predicted octanol–water partition coefficient (Wildman–Crippen LogP) is 1.03. The standard InChI is InChI=1S/C11H14ClNO4S/c1-2-13(5-6-14)11(15)8-3-4-9(12)10(7-8)18(16)17/h3-4,7,14H,2,5-6H2,1H3,(H,16,17)/p-1. The number of benzene rings is 1. The van der Waals surface area contributed by atoms with E-state index in [9.17, 15) is 13.6 Å². The van der Waals surface area contributed by atoms with Gasteiger partial charge >= 0.3 is 0 Å². The van der Waals surface area contributed by atoms with Gasteiger partial charge in [-0.05, 0) is 36.2 Å². The van der Waals surface area contributed by atoms with Gasteiger partial charge in [0.25, 0.3) is 5.91 Å². The van der Waals surface area contributed by atoms with Crippen LogP contribution in [0.15, 0.2) is 23.1 Å². The molecule has 1 aromatic carbocycles. The molecule has 0 aromatic heterocycles. The van der Waals surface area contributed by atoms with Gasteiger partial charge in [-0.1, -0.05) is 11.6 Å². The molecule has 1 amide bonds. The zero-order valence-corrected chi connectivity index (χ0v) is 11.3. The second-order valence-electron chi connectivity index (χ2n) is 3.49. The Morgan fingerprint density at radius 2 is 2.22 bits per heavy atom. The molecule has 0 aliphatic carbocycles. The zero-order valence-electron chi connectivity index (χ0n) is 9.76. The average Bonchev–Trinajstić information content (AvgIpc) is 2.35. The Morgan fingerprint density at radius 1 is 1.56 bits per heavy atom. The summed E-state index contributed by atoms with van der Waals surface area (Å²) in [6.45, 7) is 2.26.